The first kappa shape index (κ1) is 38.7. The second-order valence-corrected chi connectivity index (χ2v) is 12.2. The van der Waals surface area contributed by atoms with E-state index in [0.717, 1.165) is 48.7 Å². The van der Waals surface area contributed by atoms with Crippen molar-refractivity contribution >= 4 is 5.97 Å². The number of esters is 1. The van der Waals surface area contributed by atoms with Crippen LogP contribution in [-0.2, 0) is 27.8 Å². The molecule has 0 fully saturated rings. The fourth-order valence-electron chi connectivity index (χ4n) is 5.40. The Morgan fingerprint density at radius 2 is 0.830 bits per heavy atom. The molecule has 0 atom stereocenters. The van der Waals surface area contributed by atoms with Crippen molar-refractivity contribution in [2.75, 3.05) is 28.4 Å². The minimum Gasteiger partial charge on any atom is -0.497 e. The van der Waals surface area contributed by atoms with Gasteiger partial charge in [0.25, 0.3) is 0 Å². The average Bonchev–Trinajstić information content (AvgIpc) is 3.08. The second-order valence-electron chi connectivity index (χ2n) is 12.2. The number of methoxy groups -OCH3 is 4. The highest BCUT2D eigenvalue weighted by Gasteiger charge is 2.34. The van der Waals surface area contributed by atoms with Crippen molar-refractivity contribution in [2.45, 2.75) is 78.2 Å². The van der Waals surface area contributed by atoms with Gasteiger partial charge in [0.2, 0.25) is 0 Å². The van der Waals surface area contributed by atoms with Gasteiger partial charge in [-0.25, -0.2) is 0 Å². The first-order valence-electron chi connectivity index (χ1n) is 15.8. The largest absolute Gasteiger partial charge is 0.497 e. The van der Waals surface area contributed by atoms with Crippen LogP contribution in [0.3, 0.4) is 0 Å². The molecule has 0 saturated carbocycles. The van der Waals surface area contributed by atoms with Gasteiger partial charge >= 0.3 is 5.97 Å². The average molecular weight is 643 g/mol. The molecule has 0 radical (unpaired) electrons. The van der Waals surface area contributed by atoms with Crippen LogP contribution < -0.4 is 18.9 Å². The maximum Gasteiger partial charge on any atom is 0.306 e. The van der Waals surface area contributed by atoms with Gasteiger partial charge in [0.05, 0.1) is 28.4 Å². The predicted octanol–water partition coefficient (Wildman–Crippen LogP) is 9.65. The molecule has 6 heteroatoms. The Hall–Kier alpha value is -4.45. The van der Waals surface area contributed by atoms with E-state index >= 15 is 0 Å². The normalized spacial score (nSPS) is 10.9. The zero-order valence-corrected chi connectivity index (χ0v) is 28.7. The molecule has 254 valence electrons. The van der Waals surface area contributed by atoms with E-state index in [-0.39, 0.29) is 24.4 Å². The standard InChI is InChI=1S/C33H36O4.C7H14O2.CH4/c1-34-29-13-5-25(6-14-29)21-23-33(27-9-17-31(36-3)18-10-27,28-11-19-32(37-4)20-12-28)24-22-26-7-15-30(35-2)16-8-26;1-5-6(8)9-7(2,3)4;/h5-20H,21-24H2,1-4H3;5H2,1-4H3;1H4. The molecular formula is C41H54O6. The zero-order chi connectivity index (χ0) is 33.6. The molecule has 0 bridgehead atoms. The van der Waals surface area contributed by atoms with E-state index in [1.807, 2.05) is 45.0 Å². The molecule has 4 aromatic rings. The van der Waals surface area contributed by atoms with Crippen LogP contribution in [0.1, 0.15) is 76.6 Å². The maximum atomic E-state index is 10.6. The van der Waals surface area contributed by atoms with Gasteiger partial charge in [0.15, 0.2) is 0 Å². The van der Waals surface area contributed by atoms with Gasteiger partial charge in [-0.3, -0.25) is 4.79 Å². The van der Waals surface area contributed by atoms with Crippen LogP contribution in [0.15, 0.2) is 97.1 Å². The van der Waals surface area contributed by atoms with Crippen LogP contribution in [-0.4, -0.2) is 40.0 Å². The summed E-state index contributed by atoms with van der Waals surface area (Å²) < 4.78 is 26.6. The Bertz CT molecular complexity index is 1350. The van der Waals surface area contributed by atoms with Crippen molar-refractivity contribution in [3.05, 3.63) is 119 Å². The van der Waals surface area contributed by atoms with Crippen molar-refractivity contribution in [3.63, 3.8) is 0 Å². The number of rotatable bonds is 13. The second kappa shape index (κ2) is 18.6. The summed E-state index contributed by atoms with van der Waals surface area (Å²) in [5, 5.41) is 0. The molecule has 4 rings (SSSR count). The minimum absolute atomic E-state index is 0. The summed E-state index contributed by atoms with van der Waals surface area (Å²) in [5.41, 5.74) is 4.60. The van der Waals surface area contributed by atoms with Gasteiger partial charge in [-0.2, -0.15) is 0 Å². The van der Waals surface area contributed by atoms with Crippen molar-refractivity contribution in [2.24, 2.45) is 0 Å². The fourth-order valence-corrected chi connectivity index (χ4v) is 5.40. The first-order chi connectivity index (χ1) is 22.0. The van der Waals surface area contributed by atoms with E-state index in [1.165, 1.54) is 22.3 Å². The zero-order valence-electron chi connectivity index (χ0n) is 28.7. The molecule has 47 heavy (non-hydrogen) atoms. The van der Waals surface area contributed by atoms with Crippen molar-refractivity contribution in [1.82, 2.24) is 0 Å². The van der Waals surface area contributed by atoms with Gasteiger partial charge in [0, 0.05) is 11.8 Å². The number of benzene rings is 4. The summed E-state index contributed by atoms with van der Waals surface area (Å²) in [6.07, 6.45) is 4.23. The minimum atomic E-state index is -0.326. The van der Waals surface area contributed by atoms with Gasteiger partial charge in [-0.05, 0) is 117 Å². The van der Waals surface area contributed by atoms with Crippen LogP contribution in [0.25, 0.3) is 0 Å². The Labute approximate surface area is 283 Å². The van der Waals surface area contributed by atoms with Crippen LogP contribution in [0.2, 0.25) is 0 Å². The molecule has 0 amide bonds. The van der Waals surface area contributed by atoms with Gasteiger partial charge in [0.1, 0.15) is 28.6 Å². The first-order valence-corrected chi connectivity index (χ1v) is 15.8. The van der Waals surface area contributed by atoms with Crippen molar-refractivity contribution < 1.29 is 28.5 Å². The molecule has 0 aliphatic rings. The third-order valence-electron chi connectivity index (χ3n) is 7.99. The third kappa shape index (κ3) is 11.7. The molecule has 0 saturated heterocycles. The molecule has 0 unspecified atom stereocenters. The summed E-state index contributed by atoms with van der Waals surface area (Å²) in [5.74, 6) is 3.33. The maximum absolute atomic E-state index is 10.6. The van der Waals surface area contributed by atoms with E-state index in [4.69, 9.17) is 23.7 Å². The van der Waals surface area contributed by atoms with Gasteiger partial charge in [-0.15, -0.1) is 0 Å². The van der Waals surface area contributed by atoms with E-state index in [2.05, 4.69) is 72.8 Å². The van der Waals surface area contributed by atoms with E-state index in [0.29, 0.717) is 6.42 Å². The smallest absolute Gasteiger partial charge is 0.306 e. The quantitative estimate of drug-likeness (QED) is 0.135. The molecule has 0 spiro atoms. The summed E-state index contributed by atoms with van der Waals surface area (Å²) in [6.45, 7) is 7.37. The van der Waals surface area contributed by atoms with Crippen molar-refractivity contribution in [3.8, 4) is 23.0 Å². The molecule has 0 aliphatic carbocycles. The van der Waals surface area contributed by atoms with Crippen LogP contribution in [0, 0.1) is 0 Å². The number of hydrogen-bond donors (Lipinski definition) is 0. The summed E-state index contributed by atoms with van der Waals surface area (Å²) in [4.78, 5) is 10.6. The number of hydrogen-bond acceptors (Lipinski definition) is 6. The SMILES string of the molecule is C.CCC(=O)OC(C)(C)C.COc1ccc(CCC(CCc2ccc(OC)cc2)(c2ccc(OC)cc2)c2ccc(OC)cc2)cc1. The Kier molecular flexibility index (Phi) is 15.4. The van der Waals surface area contributed by atoms with Gasteiger partial charge < -0.3 is 23.7 Å². The highest BCUT2D eigenvalue weighted by atomic mass is 16.6. The monoisotopic (exact) mass is 642 g/mol. The fraction of sp³-hybridized carbons (Fsp3) is 0.390. The lowest BCUT2D eigenvalue weighted by Gasteiger charge is -2.36. The Balaban J connectivity index is 0.000000674. The number of carbonyl (C=O) groups is 1. The molecular weight excluding hydrogens is 588 g/mol. The highest BCUT2D eigenvalue weighted by molar-refractivity contribution is 5.69. The highest BCUT2D eigenvalue weighted by Crippen LogP contribution is 2.42. The van der Waals surface area contributed by atoms with E-state index in [1.54, 1.807) is 35.4 Å². The lowest BCUT2D eigenvalue weighted by atomic mass is 9.67. The molecule has 0 N–H and O–H groups in total. The summed E-state index contributed by atoms with van der Waals surface area (Å²) >= 11 is 0. The van der Waals surface area contributed by atoms with Crippen LogP contribution in [0.4, 0.5) is 0 Å². The van der Waals surface area contributed by atoms with Crippen LogP contribution >= 0.6 is 0 Å². The van der Waals surface area contributed by atoms with Gasteiger partial charge in [-0.1, -0.05) is 62.9 Å². The van der Waals surface area contributed by atoms with Crippen molar-refractivity contribution in [1.29, 1.82) is 0 Å². The number of aryl methyl sites for hydroxylation is 2. The van der Waals surface area contributed by atoms with Crippen LogP contribution in [0.5, 0.6) is 23.0 Å². The topological polar surface area (TPSA) is 63.2 Å². The number of ether oxygens (including phenoxy) is 5. The molecule has 4 aromatic carbocycles. The Morgan fingerprint density at radius 1 is 0.532 bits per heavy atom. The molecule has 0 aliphatic heterocycles. The lowest BCUT2D eigenvalue weighted by Crippen LogP contribution is -2.29. The lowest BCUT2D eigenvalue weighted by molar-refractivity contribution is -0.154. The summed E-state index contributed by atoms with van der Waals surface area (Å²) in [7, 11) is 6.82. The summed E-state index contributed by atoms with van der Waals surface area (Å²) in [6, 6.07) is 33.9. The molecule has 6 nitrogen and oxygen atoms in total. The van der Waals surface area contributed by atoms with E-state index in [9.17, 15) is 4.79 Å². The molecule has 0 aromatic heterocycles. The predicted molar refractivity (Wildman–Crippen MR) is 192 cm³/mol. The Morgan fingerprint density at radius 3 is 1.06 bits per heavy atom. The number of carbonyl (C=O) groups excluding carboxylic acids is 1. The molecule has 0 heterocycles. The van der Waals surface area contributed by atoms with E-state index < -0.39 is 0 Å². The third-order valence-corrected chi connectivity index (χ3v) is 7.99.